The van der Waals surface area contributed by atoms with Gasteiger partial charge in [-0.15, -0.1) is 10.2 Å². The molecule has 0 saturated heterocycles. The summed E-state index contributed by atoms with van der Waals surface area (Å²) in [5.74, 6) is -1.06. The van der Waals surface area contributed by atoms with Crippen LogP contribution < -0.4 is 0 Å². The molecule has 0 unspecified atom stereocenters. The summed E-state index contributed by atoms with van der Waals surface area (Å²) in [4.78, 5) is 8.35. The number of hydrogen-bond acceptors (Lipinski definition) is 5. The largest absolute Gasteiger partial charge is 0.415 e. The first-order chi connectivity index (χ1) is 13.1. The van der Waals surface area contributed by atoms with Crippen molar-refractivity contribution in [3.63, 3.8) is 0 Å². The van der Waals surface area contributed by atoms with Crippen LogP contribution in [0.15, 0.2) is 59.5 Å². The van der Waals surface area contributed by atoms with Crippen LogP contribution in [0, 0.1) is 5.82 Å². The van der Waals surface area contributed by atoms with Gasteiger partial charge in [0.2, 0.25) is 5.89 Å². The first kappa shape index (κ1) is 17.0. The molecule has 0 atom stereocenters. The molecule has 0 aliphatic carbocycles. The first-order valence-electron chi connectivity index (χ1n) is 7.93. The zero-order valence-electron chi connectivity index (χ0n) is 13.8. The molecule has 9 heteroatoms. The summed E-state index contributed by atoms with van der Waals surface area (Å²) in [7, 11) is 0. The SMILES string of the molecule is Fc1cc(-c2nnc(C(F)F)o2)cc(-c2nccn2Cc2cccnc2)c1. The number of hydrogen-bond donors (Lipinski definition) is 0. The van der Waals surface area contributed by atoms with E-state index in [1.165, 1.54) is 6.07 Å². The first-order valence-corrected chi connectivity index (χ1v) is 7.93. The summed E-state index contributed by atoms with van der Waals surface area (Å²) >= 11 is 0. The van der Waals surface area contributed by atoms with Crippen molar-refractivity contribution >= 4 is 0 Å². The van der Waals surface area contributed by atoms with Crippen LogP contribution in [-0.2, 0) is 6.54 Å². The van der Waals surface area contributed by atoms with E-state index < -0.39 is 18.1 Å². The van der Waals surface area contributed by atoms with Gasteiger partial charge >= 0.3 is 6.43 Å². The Kier molecular flexibility index (Phi) is 4.41. The minimum atomic E-state index is -2.89. The molecule has 0 fully saturated rings. The average molecular weight is 371 g/mol. The third-order valence-electron chi connectivity index (χ3n) is 3.82. The Hall–Kier alpha value is -3.49. The maximum atomic E-state index is 14.1. The molecule has 6 nitrogen and oxygen atoms in total. The molecule has 3 heterocycles. The topological polar surface area (TPSA) is 69.6 Å². The smallest absolute Gasteiger partial charge is 0.314 e. The quantitative estimate of drug-likeness (QED) is 0.528. The van der Waals surface area contributed by atoms with Gasteiger partial charge in [-0.1, -0.05) is 6.07 Å². The van der Waals surface area contributed by atoms with E-state index in [-0.39, 0.29) is 11.5 Å². The Bertz CT molecular complexity index is 1060. The van der Waals surface area contributed by atoms with Crippen molar-refractivity contribution in [1.29, 1.82) is 0 Å². The zero-order chi connectivity index (χ0) is 18.8. The lowest BCUT2D eigenvalue weighted by Crippen LogP contribution is -2.01. The Morgan fingerprint density at radius 1 is 1.07 bits per heavy atom. The second-order valence-electron chi connectivity index (χ2n) is 5.71. The van der Waals surface area contributed by atoms with E-state index in [0.717, 1.165) is 11.6 Å². The van der Waals surface area contributed by atoms with Gasteiger partial charge in [-0.3, -0.25) is 4.98 Å². The van der Waals surface area contributed by atoms with E-state index in [0.29, 0.717) is 17.9 Å². The summed E-state index contributed by atoms with van der Waals surface area (Å²) in [6.45, 7) is 0.491. The molecule has 0 amide bonds. The van der Waals surface area contributed by atoms with Crippen molar-refractivity contribution in [3.05, 3.63) is 72.4 Å². The van der Waals surface area contributed by atoms with Crippen molar-refractivity contribution in [2.24, 2.45) is 0 Å². The van der Waals surface area contributed by atoms with Crippen LogP contribution in [0.4, 0.5) is 13.2 Å². The van der Waals surface area contributed by atoms with Crippen LogP contribution in [0.3, 0.4) is 0 Å². The number of imidazole rings is 1. The van der Waals surface area contributed by atoms with E-state index in [9.17, 15) is 13.2 Å². The van der Waals surface area contributed by atoms with Crippen molar-refractivity contribution < 1.29 is 17.6 Å². The molecule has 0 bridgehead atoms. The molecule has 3 aromatic heterocycles. The average Bonchev–Trinajstić information content (AvgIpc) is 3.32. The highest BCUT2D eigenvalue weighted by molar-refractivity contribution is 5.65. The highest BCUT2D eigenvalue weighted by Crippen LogP contribution is 2.28. The number of benzene rings is 1. The Morgan fingerprint density at radius 3 is 2.67 bits per heavy atom. The maximum Gasteiger partial charge on any atom is 0.314 e. The van der Waals surface area contributed by atoms with Gasteiger partial charge < -0.3 is 8.98 Å². The lowest BCUT2D eigenvalue weighted by molar-refractivity contribution is 0.116. The number of rotatable bonds is 5. The van der Waals surface area contributed by atoms with Gasteiger partial charge in [0.05, 0.1) is 6.54 Å². The monoisotopic (exact) mass is 371 g/mol. The highest BCUT2D eigenvalue weighted by Gasteiger charge is 2.18. The Balaban J connectivity index is 1.71. The van der Waals surface area contributed by atoms with Crippen molar-refractivity contribution in [2.75, 3.05) is 0 Å². The van der Waals surface area contributed by atoms with Crippen LogP contribution in [0.1, 0.15) is 17.9 Å². The molecule has 4 aromatic rings. The van der Waals surface area contributed by atoms with Crippen LogP contribution in [0.25, 0.3) is 22.8 Å². The summed E-state index contributed by atoms with van der Waals surface area (Å²) < 4.78 is 46.2. The number of halogens is 3. The number of aromatic nitrogens is 5. The van der Waals surface area contributed by atoms with Gasteiger partial charge in [0.25, 0.3) is 5.89 Å². The van der Waals surface area contributed by atoms with Crippen LogP contribution in [0.2, 0.25) is 0 Å². The Labute approximate surface area is 151 Å². The van der Waals surface area contributed by atoms with Gasteiger partial charge in [-0.25, -0.2) is 9.37 Å². The van der Waals surface area contributed by atoms with Crippen LogP contribution >= 0.6 is 0 Å². The predicted octanol–water partition coefficient (Wildman–Crippen LogP) is 4.12. The highest BCUT2D eigenvalue weighted by atomic mass is 19.3. The summed E-state index contributed by atoms with van der Waals surface area (Å²) in [5.41, 5.74) is 1.60. The minimum absolute atomic E-state index is 0.184. The molecule has 0 spiro atoms. The molecule has 1 aromatic carbocycles. The van der Waals surface area contributed by atoms with Gasteiger partial charge in [0, 0.05) is 35.9 Å². The second-order valence-corrected chi connectivity index (χ2v) is 5.71. The molecule has 0 aliphatic heterocycles. The molecular weight excluding hydrogens is 359 g/mol. The lowest BCUT2D eigenvalue weighted by atomic mass is 10.1. The van der Waals surface area contributed by atoms with E-state index in [1.807, 2.05) is 16.7 Å². The fourth-order valence-electron chi connectivity index (χ4n) is 2.67. The molecule has 0 radical (unpaired) electrons. The van der Waals surface area contributed by atoms with Crippen molar-refractivity contribution in [1.82, 2.24) is 24.7 Å². The fourth-order valence-corrected chi connectivity index (χ4v) is 2.67. The third-order valence-corrected chi connectivity index (χ3v) is 3.82. The number of nitrogens with zero attached hydrogens (tertiary/aromatic N) is 5. The van der Waals surface area contributed by atoms with E-state index >= 15 is 0 Å². The Morgan fingerprint density at radius 2 is 1.93 bits per heavy atom. The molecule has 0 N–H and O–H groups in total. The fraction of sp³-hybridized carbons (Fsp3) is 0.111. The van der Waals surface area contributed by atoms with Crippen LogP contribution in [0.5, 0.6) is 0 Å². The normalized spacial score (nSPS) is 11.3. The van der Waals surface area contributed by atoms with Gasteiger partial charge in [0.15, 0.2) is 0 Å². The van der Waals surface area contributed by atoms with E-state index in [1.54, 1.807) is 30.9 Å². The second kappa shape index (κ2) is 7.02. The summed E-state index contributed by atoms with van der Waals surface area (Å²) in [6.07, 6.45) is 3.87. The van der Waals surface area contributed by atoms with Gasteiger partial charge in [0.1, 0.15) is 11.6 Å². The minimum Gasteiger partial charge on any atom is -0.415 e. The van der Waals surface area contributed by atoms with Crippen LogP contribution in [-0.4, -0.2) is 24.7 Å². The summed E-state index contributed by atoms with van der Waals surface area (Å²) in [6, 6.07) is 7.74. The third kappa shape index (κ3) is 3.57. The van der Waals surface area contributed by atoms with Gasteiger partial charge in [-0.05, 0) is 29.8 Å². The molecule has 0 aliphatic rings. The summed E-state index contributed by atoms with van der Waals surface area (Å²) in [5, 5.41) is 6.83. The predicted molar refractivity (Wildman–Crippen MR) is 89.2 cm³/mol. The van der Waals surface area contributed by atoms with E-state index in [2.05, 4.69) is 20.2 Å². The molecule has 0 saturated carbocycles. The standard InChI is InChI=1S/C18H12F3N5O/c19-14-7-12(6-13(8-14)17-24-25-18(27-17)15(20)21)16-23-4-5-26(16)10-11-2-1-3-22-9-11/h1-9,15H,10H2. The molecule has 136 valence electrons. The van der Waals surface area contributed by atoms with Gasteiger partial charge in [-0.2, -0.15) is 8.78 Å². The zero-order valence-corrected chi connectivity index (χ0v) is 13.8. The van der Waals surface area contributed by atoms with E-state index in [4.69, 9.17) is 4.42 Å². The lowest BCUT2D eigenvalue weighted by Gasteiger charge is -2.09. The molecule has 4 rings (SSSR count). The number of alkyl halides is 2. The molecule has 27 heavy (non-hydrogen) atoms. The van der Waals surface area contributed by atoms with Crippen molar-refractivity contribution in [3.8, 4) is 22.8 Å². The van der Waals surface area contributed by atoms with Crippen molar-refractivity contribution in [2.45, 2.75) is 13.0 Å². The molecular formula is C18H12F3N5O. The number of pyridine rings is 1. The maximum absolute atomic E-state index is 14.1.